The van der Waals surface area contributed by atoms with Crippen molar-refractivity contribution in [3.05, 3.63) is 41.1 Å². The van der Waals surface area contributed by atoms with Gasteiger partial charge in [-0.25, -0.2) is 4.98 Å². The monoisotopic (exact) mass is 237 g/mol. The first kappa shape index (κ1) is 12.6. The van der Waals surface area contributed by atoms with E-state index < -0.39 is 10.9 Å². The fourth-order valence-electron chi connectivity index (χ4n) is 1.25. The van der Waals surface area contributed by atoms with Crippen molar-refractivity contribution in [3.63, 3.8) is 0 Å². The number of pyridine rings is 1. The molecule has 0 aliphatic heterocycles. The number of aromatic nitrogens is 1. The summed E-state index contributed by atoms with van der Waals surface area (Å²) in [7, 11) is 0. The normalized spacial score (nSPS) is 9.65. The van der Waals surface area contributed by atoms with Crippen molar-refractivity contribution in [1.29, 1.82) is 0 Å². The Morgan fingerprint density at radius 3 is 2.94 bits per heavy atom. The van der Waals surface area contributed by atoms with Crippen LogP contribution in [0, 0.1) is 10.1 Å². The highest BCUT2D eigenvalue weighted by Crippen LogP contribution is 2.17. The van der Waals surface area contributed by atoms with Crippen LogP contribution in [-0.2, 0) is 4.79 Å². The van der Waals surface area contributed by atoms with Gasteiger partial charge in [0.2, 0.25) is 0 Å². The highest BCUT2D eigenvalue weighted by molar-refractivity contribution is 5.73. The van der Waals surface area contributed by atoms with Crippen LogP contribution >= 0.6 is 0 Å². The number of aliphatic carboxylic acids is 1. The molecule has 1 aromatic heterocycles. The van der Waals surface area contributed by atoms with Gasteiger partial charge in [-0.3, -0.25) is 14.9 Å². The van der Waals surface area contributed by atoms with E-state index in [4.69, 9.17) is 5.11 Å². The van der Waals surface area contributed by atoms with Crippen molar-refractivity contribution >= 4 is 17.5 Å². The van der Waals surface area contributed by atoms with Crippen molar-refractivity contribution in [2.24, 2.45) is 0 Å². The molecule has 0 aliphatic rings. The van der Waals surface area contributed by atoms with Gasteiger partial charge in [-0.2, -0.15) is 0 Å². The molecule has 17 heavy (non-hydrogen) atoms. The molecule has 1 N–H and O–H groups in total. The van der Waals surface area contributed by atoms with Crippen LogP contribution in [0.2, 0.25) is 0 Å². The smallest absolute Gasteiger partial charge is 0.323 e. The van der Waals surface area contributed by atoms with Gasteiger partial charge in [0.15, 0.2) is 0 Å². The summed E-state index contributed by atoms with van der Waals surface area (Å²) in [6, 6.07) is 2.47. The summed E-state index contributed by atoms with van der Waals surface area (Å²) in [5, 5.41) is 19.3. The van der Waals surface area contributed by atoms with Crippen molar-refractivity contribution < 1.29 is 14.8 Å². The lowest BCUT2D eigenvalue weighted by molar-refractivity contribution is -0.384. The molecule has 0 radical (unpaired) electrons. The first-order chi connectivity index (χ1) is 8.04. The molecule has 7 heteroatoms. The van der Waals surface area contributed by atoms with Gasteiger partial charge in [0.25, 0.3) is 5.69 Å². The van der Waals surface area contributed by atoms with Crippen LogP contribution in [-0.4, -0.2) is 34.1 Å². The Morgan fingerprint density at radius 2 is 2.41 bits per heavy atom. The number of hydrogen-bond donors (Lipinski definition) is 1. The van der Waals surface area contributed by atoms with Crippen molar-refractivity contribution in [2.75, 3.05) is 18.0 Å². The highest BCUT2D eigenvalue weighted by atomic mass is 16.6. The Kier molecular flexibility index (Phi) is 4.15. The van der Waals surface area contributed by atoms with Crippen molar-refractivity contribution in [3.8, 4) is 0 Å². The molecule has 0 fully saturated rings. The largest absolute Gasteiger partial charge is 0.480 e. The average Bonchev–Trinajstić information content (AvgIpc) is 2.28. The van der Waals surface area contributed by atoms with Gasteiger partial charge in [0, 0.05) is 18.8 Å². The second-order valence-corrected chi connectivity index (χ2v) is 3.19. The molecule has 0 saturated heterocycles. The van der Waals surface area contributed by atoms with Gasteiger partial charge in [-0.1, -0.05) is 6.08 Å². The fraction of sp³-hybridized carbons (Fsp3) is 0.200. The Bertz CT molecular complexity index is 447. The SMILES string of the molecule is C=CCN(CC(=O)O)c1cc([N+](=O)[O-])ccn1. The maximum absolute atomic E-state index is 10.6. The number of hydrogen-bond acceptors (Lipinski definition) is 5. The third kappa shape index (κ3) is 3.56. The molecule has 1 rings (SSSR count). The molecule has 0 spiro atoms. The van der Waals surface area contributed by atoms with Crippen molar-refractivity contribution in [1.82, 2.24) is 4.98 Å². The molecule has 1 heterocycles. The number of anilines is 1. The number of nitro groups is 1. The number of carboxylic acid groups (broad SMARTS) is 1. The minimum Gasteiger partial charge on any atom is -0.480 e. The minimum absolute atomic E-state index is 0.130. The van der Waals surface area contributed by atoms with E-state index in [1.165, 1.54) is 29.3 Å². The quantitative estimate of drug-likeness (QED) is 0.451. The minimum atomic E-state index is -1.04. The molecule has 90 valence electrons. The molecule has 0 atom stereocenters. The van der Waals surface area contributed by atoms with Crippen LogP contribution in [0.3, 0.4) is 0 Å². The molecular weight excluding hydrogens is 226 g/mol. The first-order valence-electron chi connectivity index (χ1n) is 4.72. The number of carboxylic acids is 1. The summed E-state index contributed by atoms with van der Waals surface area (Å²) in [5.41, 5.74) is -0.130. The summed E-state index contributed by atoms with van der Waals surface area (Å²) in [5.74, 6) is -0.804. The molecule has 1 aromatic rings. The van der Waals surface area contributed by atoms with Crippen molar-refractivity contribution in [2.45, 2.75) is 0 Å². The van der Waals surface area contributed by atoms with Gasteiger partial charge < -0.3 is 10.0 Å². The van der Waals surface area contributed by atoms with Crippen LogP contribution in [0.1, 0.15) is 0 Å². The Morgan fingerprint density at radius 1 is 1.71 bits per heavy atom. The Labute approximate surface area is 97.2 Å². The van der Waals surface area contributed by atoms with Crippen LogP contribution in [0.4, 0.5) is 11.5 Å². The van der Waals surface area contributed by atoms with Crippen LogP contribution < -0.4 is 4.90 Å². The van der Waals surface area contributed by atoms with E-state index in [0.29, 0.717) is 0 Å². The zero-order valence-corrected chi connectivity index (χ0v) is 8.94. The van der Waals surface area contributed by atoms with E-state index in [1.54, 1.807) is 0 Å². The molecule has 0 amide bonds. The van der Waals surface area contributed by atoms with E-state index in [0.717, 1.165) is 0 Å². The number of carbonyl (C=O) groups is 1. The number of nitrogens with zero attached hydrogens (tertiary/aromatic N) is 3. The summed E-state index contributed by atoms with van der Waals surface area (Å²) in [6.07, 6.45) is 2.77. The summed E-state index contributed by atoms with van der Waals surface area (Å²) in [6.45, 7) is 3.45. The zero-order chi connectivity index (χ0) is 12.8. The van der Waals surface area contributed by atoms with Gasteiger partial charge in [-0.05, 0) is 0 Å². The standard InChI is InChI=1S/C10H11N3O4/c1-2-5-12(7-10(14)15)9-6-8(13(16)17)3-4-11-9/h2-4,6H,1,5,7H2,(H,14,15). The average molecular weight is 237 g/mol. The summed E-state index contributed by atoms with van der Waals surface area (Å²) < 4.78 is 0. The maximum Gasteiger partial charge on any atom is 0.323 e. The van der Waals surface area contributed by atoms with E-state index >= 15 is 0 Å². The predicted molar refractivity (Wildman–Crippen MR) is 60.9 cm³/mol. The second kappa shape index (κ2) is 5.59. The first-order valence-corrected chi connectivity index (χ1v) is 4.72. The number of rotatable bonds is 6. The topological polar surface area (TPSA) is 96.6 Å². The fourth-order valence-corrected chi connectivity index (χ4v) is 1.25. The molecular formula is C10H11N3O4. The molecule has 0 aromatic carbocycles. The van der Waals surface area contributed by atoms with Crippen LogP contribution in [0.15, 0.2) is 31.0 Å². The van der Waals surface area contributed by atoms with Gasteiger partial charge >= 0.3 is 5.97 Å². The third-order valence-electron chi connectivity index (χ3n) is 1.94. The summed E-state index contributed by atoms with van der Waals surface area (Å²) >= 11 is 0. The van der Waals surface area contributed by atoms with Gasteiger partial charge in [-0.15, -0.1) is 6.58 Å². The lowest BCUT2D eigenvalue weighted by Gasteiger charge is -2.19. The predicted octanol–water partition coefficient (Wildman–Crippen LogP) is 1.07. The van der Waals surface area contributed by atoms with Gasteiger partial charge in [0.1, 0.15) is 12.4 Å². The van der Waals surface area contributed by atoms with E-state index in [-0.39, 0.29) is 24.6 Å². The van der Waals surface area contributed by atoms with E-state index in [2.05, 4.69) is 11.6 Å². The van der Waals surface area contributed by atoms with E-state index in [9.17, 15) is 14.9 Å². The Hall–Kier alpha value is -2.44. The molecule has 7 nitrogen and oxygen atoms in total. The van der Waals surface area contributed by atoms with Crippen LogP contribution in [0.25, 0.3) is 0 Å². The lowest BCUT2D eigenvalue weighted by Crippen LogP contribution is -2.30. The van der Waals surface area contributed by atoms with Gasteiger partial charge in [0.05, 0.1) is 11.0 Å². The lowest BCUT2D eigenvalue weighted by atomic mass is 10.3. The molecule has 0 unspecified atom stereocenters. The zero-order valence-electron chi connectivity index (χ0n) is 8.94. The second-order valence-electron chi connectivity index (χ2n) is 3.19. The maximum atomic E-state index is 10.6. The van der Waals surface area contributed by atoms with Crippen LogP contribution in [0.5, 0.6) is 0 Å². The summed E-state index contributed by atoms with van der Waals surface area (Å²) in [4.78, 5) is 25.9. The molecule has 0 saturated carbocycles. The molecule has 0 bridgehead atoms. The third-order valence-corrected chi connectivity index (χ3v) is 1.94. The molecule has 0 aliphatic carbocycles. The Balaban J connectivity index is 3.00. The van der Waals surface area contributed by atoms with E-state index in [1.807, 2.05) is 0 Å². The highest BCUT2D eigenvalue weighted by Gasteiger charge is 2.14.